The van der Waals surface area contributed by atoms with Crippen molar-refractivity contribution in [2.24, 2.45) is 5.41 Å². The number of amides is 2. The van der Waals surface area contributed by atoms with Crippen LogP contribution in [0.1, 0.15) is 20.8 Å². The van der Waals surface area contributed by atoms with Gasteiger partial charge in [0, 0.05) is 29.7 Å². The average molecular weight is 393 g/mol. The normalized spacial score (nSPS) is 16.0. The van der Waals surface area contributed by atoms with E-state index >= 15 is 0 Å². The maximum atomic E-state index is 12.5. The minimum Gasteiger partial charge on any atom is -0.474 e. The number of carbonyl (C=O) groups excluding carboxylic acids is 2. The van der Waals surface area contributed by atoms with Crippen LogP contribution in [0.2, 0.25) is 0 Å². The molecule has 0 aliphatic carbocycles. The Kier molecular flexibility index (Phi) is 5.97. The van der Waals surface area contributed by atoms with Gasteiger partial charge in [-0.2, -0.15) is 0 Å². The highest BCUT2D eigenvalue weighted by Gasteiger charge is 2.30. The number of aldehydes is 1. The van der Waals surface area contributed by atoms with Crippen LogP contribution < -0.4 is 15.4 Å². The van der Waals surface area contributed by atoms with Gasteiger partial charge in [-0.3, -0.25) is 15.1 Å². The second kappa shape index (κ2) is 8.60. The third kappa shape index (κ3) is 5.44. The summed E-state index contributed by atoms with van der Waals surface area (Å²) in [6.07, 6.45) is 6.41. The van der Waals surface area contributed by atoms with Gasteiger partial charge in [0.1, 0.15) is 11.5 Å². The number of allylic oxidation sites excluding steroid dienone is 2. The third-order valence-electron chi connectivity index (χ3n) is 4.19. The number of anilines is 1. The smallest absolute Gasteiger partial charge is 0.322 e. The van der Waals surface area contributed by atoms with Crippen LogP contribution in [-0.4, -0.2) is 23.5 Å². The van der Waals surface area contributed by atoms with Crippen molar-refractivity contribution < 1.29 is 19.1 Å². The van der Waals surface area contributed by atoms with Crippen LogP contribution in [0.25, 0.3) is 0 Å². The molecule has 1 aromatic heterocycles. The lowest BCUT2D eigenvalue weighted by molar-refractivity contribution is -0.104. The molecule has 1 atom stereocenters. The van der Waals surface area contributed by atoms with Crippen LogP contribution in [0, 0.1) is 5.41 Å². The van der Waals surface area contributed by atoms with Gasteiger partial charge >= 0.3 is 6.03 Å². The lowest BCUT2D eigenvalue weighted by Gasteiger charge is -2.32. The number of ether oxygens (including phenoxy) is 2. The summed E-state index contributed by atoms with van der Waals surface area (Å²) in [4.78, 5) is 27.5. The molecule has 150 valence electrons. The molecule has 1 aliphatic heterocycles. The Balaban J connectivity index is 1.66. The minimum absolute atomic E-state index is 0.293. The van der Waals surface area contributed by atoms with Gasteiger partial charge in [0.25, 0.3) is 0 Å². The first-order valence-corrected chi connectivity index (χ1v) is 9.13. The van der Waals surface area contributed by atoms with Crippen molar-refractivity contribution in [2.75, 3.05) is 5.32 Å². The fourth-order valence-corrected chi connectivity index (χ4v) is 2.76. The van der Waals surface area contributed by atoms with Gasteiger partial charge in [0.2, 0.25) is 0 Å². The number of hydrogen-bond acceptors (Lipinski definition) is 5. The van der Waals surface area contributed by atoms with Crippen molar-refractivity contribution in [1.29, 1.82) is 0 Å². The first-order valence-electron chi connectivity index (χ1n) is 9.13. The van der Waals surface area contributed by atoms with Crippen LogP contribution in [0.15, 0.2) is 72.3 Å². The van der Waals surface area contributed by atoms with E-state index in [1.54, 1.807) is 54.9 Å². The Morgan fingerprint density at radius 2 is 1.93 bits per heavy atom. The topological polar surface area (TPSA) is 89.5 Å². The van der Waals surface area contributed by atoms with Crippen molar-refractivity contribution in [2.45, 2.75) is 27.0 Å². The summed E-state index contributed by atoms with van der Waals surface area (Å²) in [5, 5.41) is 5.56. The third-order valence-corrected chi connectivity index (χ3v) is 4.19. The number of pyridine rings is 1. The number of nitrogens with zero attached hydrogens (tertiary/aromatic N) is 1. The number of urea groups is 1. The van der Waals surface area contributed by atoms with Crippen molar-refractivity contribution >= 4 is 18.0 Å². The summed E-state index contributed by atoms with van der Waals surface area (Å²) in [7, 11) is 0. The maximum absolute atomic E-state index is 12.5. The second-order valence-electron chi connectivity index (χ2n) is 7.51. The van der Waals surface area contributed by atoms with E-state index in [9.17, 15) is 9.59 Å². The summed E-state index contributed by atoms with van der Waals surface area (Å²) in [6, 6.07) is 10.1. The molecule has 2 amide bonds. The van der Waals surface area contributed by atoms with Crippen LogP contribution in [-0.2, 0) is 9.53 Å². The van der Waals surface area contributed by atoms with Gasteiger partial charge in [-0.05, 0) is 41.3 Å². The van der Waals surface area contributed by atoms with Crippen molar-refractivity contribution in [3.05, 3.63) is 72.3 Å². The molecule has 0 bridgehead atoms. The predicted molar refractivity (Wildman–Crippen MR) is 109 cm³/mol. The molecule has 1 aromatic carbocycles. The molecular formula is C22H23N3O4. The van der Waals surface area contributed by atoms with Crippen LogP contribution in [0.3, 0.4) is 0 Å². The number of hydrogen-bond donors (Lipinski definition) is 2. The minimum atomic E-state index is -0.671. The Morgan fingerprint density at radius 1 is 1.17 bits per heavy atom. The molecule has 7 nitrogen and oxygen atoms in total. The SMILES string of the molecule is CC(C)(C)C1=CC(C=O)=COC1NC(=O)Nc1cccc(Oc2ccncc2)c1. The molecule has 0 fully saturated rings. The van der Waals surface area contributed by atoms with Gasteiger partial charge in [-0.1, -0.05) is 26.8 Å². The number of aromatic nitrogens is 1. The fourth-order valence-electron chi connectivity index (χ4n) is 2.76. The highest BCUT2D eigenvalue weighted by Crippen LogP contribution is 2.32. The molecule has 0 spiro atoms. The van der Waals surface area contributed by atoms with Gasteiger partial charge in [-0.25, -0.2) is 4.79 Å². The first kappa shape index (κ1) is 20.1. The molecule has 0 saturated heterocycles. The molecule has 0 saturated carbocycles. The van der Waals surface area contributed by atoms with E-state index in [4.69, 9.17) is 9.47 Å². The summed E-state index contributed by atoms with van der Waals surface area (Å²) < 4.78 is 11.3. The number of benzene rings is 1. The molecule has 2 aromatic rings. The number of rotatable bonds is 5. The van der Waals surface area contributed by atoms with E-state index in [1.807, 2.05) is 20.8 Å². The van der Waals surface area contributed by atoms with E-state index in [1.165, 1.54) is 6.26 Å². The second-order valence-corrected chi connectivity index (χ2v) is 7.51. The molecule has 1 unspecified atom stereocenters. The predicted octanol–water partition coefficient (Wildman–Crippen LogP) is 4.41. The highest BCUT2D eigenvalue weighted by atomic mass is 16.5. The van der Waals surface area contributed by atoms with Gasteiger partial charge in [0.15, 0.2) is 12.5 Å². The Hall–Kier alpha value is -3.61. The van der Waals surface area contributed by atoms with Crippen LogP contribution >= 0.6 is 0 Å². The summed E-state index contributed by atoms with van der Waals surface area (Å²) >= 11 is 0. The summed E-state index contributed by atoms with van der Waals surface area (Å²) in [6.45, 7) is 5.97. The molecular weight excluding hydrogens is 370 g/mol. The maximum Gasteiger partial charge on any atom is 0.322 e. The Bertz CT molecular complexity index is 946. The lowest BCUT2D eigenvalue weighted by Crippen LogP contribution is -2.43. The van der Waals surface area contributed by atoms with Crippen LogP contribution in [0.5, 0.6) is 11.5 Å². The van der Waals surface area contributed by atoms with E-state index in [2.05, 4.69) is 15.6 Å². The number of carbonyl (C=O) groups is 2. The molecule has 2 N–H and O–H groups in total. The standard InChI is InChI=1S/C22H23N3O4/c1-22(2,3)19-11-15(13-26)14-28-20(19)25-21(27)24-16-5-4-6-18(12-16)29-17-7-9-23-10-8-17/h4-14,20H,1-3H3,(H2,24,25,27). The highest BCUT2D eigenvalue weighted by molar-refractivity contribution is 5.90. The van der Waals surface area contributed by atoms with Gasteiger partial charge in [-0.15, -0.1) is 0 Å². The van der Waals surface area contributed by atoms with Crippen LogP contribution in [0.4, 0.5) is 10.5 Å². The van der Waals surface area contributed by atoms with Crippen molar-refractivity contribution in [3.63, 3.8) is 0 Å². The first-order chi connectivity index (χ1) is 13.8. The zero-order valence-corrected chi connectivity index (χ0v) is 16.5. The largest absolute Gasteiger partial charge is 0.474 e. The molecule has 1 aliphatic rings. The zero-order valence-electron chi connectivity index (χ0n) is 16.5. The average Bonchev–Trinajstić information content (AvgIpc) is 2.68. The van der Waals surface area contributed by atoms with Crippen molar-refractivity contribution in [1.82, 2.24) is 10.3 Å². The van der Waals surface area contributed by atoms with Gasteiger partial charge < -0.3 is 14.8 Å². The summed E-state index contributed by atoms with van der Waals surface area (Å²) in [5.74, 6) is 1.23. The Morgan fingerprint density at radius 3 is 2.62 bits per heavy atom. The van der Waals surface area contributed by atoms with E-state index in [0.29, 0.717) is 22.8 Å². The fraction of sp³-hybridized carbons (Fsp3) is 0.227. The molecule has 7 heteroatoms. The summed E-state index contributed by atoms with van der Waals surface area (Å²) in [5.41, 5.74) is 1.50. The molecule has 0 radical (unpaired) electrons. The van der Waals surface area contributed by atoms with Gasteiger partial charge in [0.05, 0.1) is 6.26 Å². The lowest BCUT2D eigenvalue weighted by atomic mass is 9.83. The quantitative estimate of drug-likeness (QED) is 0.735. The molecule has 3 rings (SSSR count). The Labute approximate surface area is 169 Å². The molecule has 2 heterocycles. The number of nitrogens with one attached hydrogen (secondary N) is 2. The molecule has 29 heavy (non-hydrogen) atoms. The van der Waals surface area contributed by atoms with E-state index < -0.39 is 12.3 Å². The van der Waals surface area contributed by atoms with Crippen molar-refractivity contribution in [3.8, 4) is 11.5 Å². The van der Waals surface area contributed by atoms with E-state index in [0.717, 1.165) is 11.9 Å². The zero-order chi connectivity index (χ0) is 20.9. The monoisotopic (exact) mass is 393 g/mol. The van der Waals surface area contributed by atoms with E-state index in [-0.39, 0.29) is 5.41 Å².